The van der Waals surface area contributed by atoms with E-state index in [4.69, 9.17) is 6.42 Å². The van der Waals surface area contributed by atoms with E-state index in [1.54, 1.807) is 0 Å². The zero-order valence-electron chi connectivity index (χ0n) is 11.8. The Balaban J connectivity index is 2.15. The van der Waals surface area contributed by atoms with Gasteiger partial charge >= 0.3 is 0 Å². The normalized spacial score (nSPS) is 11.1. The lowest BCUT2D eigenvalue weighted by molar-refractivity contribution is 0.589. The molecule has 0 unspecified atom stereocenters. The van der Waals surface area contributed by atoms with Crippen LogP contribution in [0.3, 0.4) is 0 Å². The van der Waals surface area contributed by atoms with Gasteiger partial charge in [0.1, 0.15) is 0 Å². The summed E-state index contributed by atoms with van der Waals surface area (Å²) in [5, 5.41) is 4.75. The van der Waals surface area contributed by atoms with E-state index in [2.05, 4.69) is 60.1 Å². The number of hydrogen-bond acceptors (Lipinski definition) is 1. The van der Waals surface area contributed by atoms with Crippen LogP contribution in [-0.2, 0) is 13.1 Å². The summed E-state index contributed by atoms with van der Waals surface area (Å²) in [4.78, 5) is 0. The van der Waals surface area contributed by atoms with Crippen LogP contribution in [0.25, 0.3) is 10.9 Å². The highest BCUT2D eigenvalue weighted by molar-refractivity contribution is 5.80. The molecule has 100 valence electrons. The minimum atomic E-state index is 0.512. The van der Waals surface area contributed by atoms with E-state index in [0.29, 0.717) is 6.04 Å². The zero-order valence-corrected chi connectivity index (χ0v) is 11.8. The van der Waals surface area contributed by atoms with Crippen LogP contribution < -0.4 is 5.32 Å². The van der Waals surface area contributed by atoms with Gasteiger partial charge in [-0.05, 0) is 29.5 Å². The molecule has 0 radical (unpaired) electrons. The predicted molar refractivity (Wildman–Crippen MR) is 82.0 cm³/mol. The molecule has 0 bridgehead atoms. The molecule has 0 spiro atoms. The fourth-order valence-electron chi connectivity index (χ4n) is 2.21. The summed E-state index contributed by atoms with van der Waals surface area (Å²) in [6.45, 7) is 6.25. The van der Waals surface area contributed by atoms with Crippen molar-refractivity contribution in [2.75, 3.05) is 0 Å². The van der Waals surface area contributed by atoms with Gasteiger partial charge in [0.2, 0.25) is 0 Å². The van der Waals surface area contributed by atoms with Crippen LogP contribution in [0.4, 0.5) is 0 Å². The second-order valence-electron chi connectivity index (χ2n) is 5.25. The van der Waals surface area contributed by atoms with Crippen LogP contribution in [0.1, 0.15) is 32.3 Å². The molecule has 0 atom stereocenters. The number of nitrogens with one attached hydrogen (secondary N) is 1. The first-order chi connectivity index (χ1) is 9.20. The predicted octanol–water partition coefficient (Wildman–Crippen LogP) is 3.55. The van der Waals surface area contributed by atoms with Gasteiger partial charge in [0.25, 0.3) is 0 Å². The average Bonchev–Trinajstić information content (AvgIpc) is 2.79. The van der Waals surface area contributed by atoms with Crippen LogP contribution in [0, 0.1) is 12.3 Å². The lowest BCUT2D eigenvalue weighted by Gasteiger charge is -2.09. The van der Waals surface area contributed by atoms with Gasteiger partial charge in [-0.1, -0.05) is 26.0 Å². The van der Waals surface area contributed by atoms with Crippen molar-refractivity contribution in [3.8, 4) is 12.3 Å². The van der Waals surface area contributed by atoms with E-state index in [0.717, 1.165) is 25.9 Å². The Morgan fingerprint density at radius 3 is 2.89 bits per heavy atom. The number of fused-ring (bicyclic) bond motifs is 1. The monoisotopic (exact) mass is 254 g/mol. The maximum atomic E-state index is 5.31. The van der Waals surface area contributed by atoms with Crippen molar-refractivity contribution in [1.29, 1.82) is 0 Å². The Morgan fingerprint density at radius 1 is 1.32 bits per heavy atom. The summed E-state index contributed by atoms with van der Waals surface area (Å²) in [6.07, 6.45) is 9.34. The summed E-state index contributed by atoms with van der Waals surface area (Å²) in [7, 11) is 0. The van der Waals surface area contributed by atoms with Gasteiger partial charge in [-0.25, -0.2) is 0 Å². The molecule has 19 heavy (non-hydrogen) atoms. The second kappa shape index (κ2) is 6.45. The largest absolute Gasteiger partial charge is 0.347 e. The van der Waals surface area contributed by atoms with Gasteiger partial charge < -0.3 is 9.88 Å². The van der Waals surface area contributed by atoms with Crippen molar-refractivity contribution in [2.24, 2.45) is 0 Å². The number of hydrogen-bond donors (Lipinski definition) is 1. The molecular formula is C17H22N2. The maximum absolute atomic E-state index is 5.31. The van der Waals surface area contributed by atoms with Crippen LogP contribution in [-0.4, -0.2) is 10.6 Å². The topological polar surface area (TPSA) is 17.0 Å². The van der Waals surface area contributed by atoms with E-state index < -0.39 is 0 Å². The molecule has 1 heterocycles. The van der Waals surface area contributed by atoms with Crippen LogP contribution in [0.5, 0.6) is 0 Å². The molecule has 0 aliphatic rings. The Labute approximate surface area is 115 Å². The zero-order chi connectivity index (χ0) is 13.7. The molecule has 1 aromatic heterocycles. The van der Waals surface area contributed by atoms with Gasteiger partial charge in [-0.2, -0.15) is 0 Å². The number of aromatic nitrogens is 1. The average molecular weight is 254 g/mol. The summed E-state index contributed by atoms with van der Waals surface area (Å²) < 4.78 is 2.30. The molecule has 0 aliphatic heterocycles. The third kappa shape index (κ3) is 3.62. The van der Waals surface area contributed by atoms with E-state index in [-0.39, 0.29) is 0 Å². The van der Waals surface area contributed by atoms with E-state index >= 15 is 0 Å². The summed E-state index contributed by atoms with van der Waals surface area (Å²) in [5.41, 5.74) is 2.64. The first-order valence-electron chi connectivity index (χ1n) is 6.95. The van der Waals surface area contributed by atoms with Crippen molar-refractivity contribution < 1.29 is 0 Å². The molecule has 0 aliphatic carbocycles. The number of benzene rings is 1. The highest BCUT2D eigenvalue weighted by Gasteiger charge is 2.03. The Morgan fingerprint density at radius 2 is 2.16 bits per heavy atom. The van der Waals surface area contributed by atoms with Gasteiger partial charge in [-0.15, -0.1) is 12.3 Å². The molecule has 0 fully saturated rings. The fourth-order valence-corrected chi connectivity index (χ4v) is 2.21. The van der Waals surface area contributed by atoms with Crippen molar-refractivity contribution in [3.63, 3.8) is 0 Å². The number of terminal acetylenes is 1. The van der Waals surface area contributed by atoms with Crippen molar-refractivity contribution >= 4 is 10.9 Å². The van der Waals surface area contributed by atoms with Crippen LogP contribution in [0.15, 0.2) is 30.5 Å². The summed E-state index contributed by atoms with van der Waals surface area (Å²) in [5.74, 6) is 2.70. The first-order valence-corrected chi connectivity index (χ1v) is 6.95. The fraction of sp³-hybridized carbons (Fsp3) is 0.412. The molecular weight excluding hydrogens is 232 g/mol. The first kappa shape index (κ1) is 13.7. The van der Waals surface area contributed by atoms with Crippen molar-refractivity contribution in [2.45, 2.75) is 45.8 Å². The minimum Gasteiger partial charge on any atom is -0.347 e. The van der Waals surface area contributed by atoms with Crippen LogP contribution >= 0.6 is 0 Å². The number of rotatable bonds is 6. The Kier molecular flexibility index (Phi) is 4.65. The van der Waals surface area contributed by atoms with Crippen LogP contribution in [0.2, 0.25) is 0 Å². The lowest BCUT2D eigenvalue weighted by atomic mass is 10.1. The second-order valence-corrected chi connectivity index (χ2v) is 5.25. The highest BCUT2D eigenvalue weighted by atomic mass is 14.9. The quantitative estimate of drug-likeness (QED) is 0.616. The maximum Gasteiger partial charge on any atom is 0.0483 e. The Hall–Kier alpha value is -1.72. The third-order valence-corrected chi connectivity index (χ3v) is 3.27. The molecule has 2 nitrogen and oxygen atoms in total. The number of unbranched alkanes of at least 4 members (excludes halogenated alkanes) is 1. The molecule has 2 rings (SSSR count). The number of nitrogens with zero attached hydrogens (tertiary/aromatic N) is 1. The highest BCUT2D eigenvalue weighted by Crippen LogP contribution is 2.18. The van der Waals surface area contributed by atoms with Gasteiger partial charge in [0.15, 0.2) is 0 Å². The SMILES string of the molecule is C#CCCCn1ccc2ccc(CNC(C)C)cc21. The van der Waals surface area contributed by atoms with E-state index in [1.165, 1.54) is 16.5 Å². The number of aryl methyl sites for hydroxylation is 1. The minimum absolute atomic E-state index is 0.512. The van der Waals surface area contributed by atoms with Gasteiger partial charge in [0, 0.05) is 37.3 Å². The van der Waals surface area contributed by atoms with E-state index in [1.807, 2.05) is 0 Å². The lowest BCUT2D eigenvalue weighted by Crippen LogP contribution is -2.21. The molecule has 2 aromatic rings. The summed E-state index contributed by atoms with van der Waals surface area (Å²) in [6, 6.07) is 9.36. The summed E-state index contributed by atoms with van der Waals surface area (Å²) >= 11 is 0. The molecule has 0 saturated carbocycles. The third-order valence-electron chi connectivity index (χ3n) is 3.27. The standard InChI is InChI=1S/C17H22N2/c1-4-5-6-10-19-11-9-16-8-7-15(12-17(16)19)13-18-14(2)3/h1,7-9,11-12,14,18H,5-6,10,13H2,2-3H3. The Bertz CT molecular complexity index is 572. The smallest absolute Gasteiger partial charge is 0.0483 e. The molecule has 1 aromatic carbocycles. The molecule has 2 heteroatoms. The molecule has 0 saturated heterocycles. The van der Waals surface area contributed by atoms with Crippen molar-refractivity contribution in [3.05, 3.63) is 36.0 Å². The van der Waals surface area contributed by atoms with Gasteiger partial charge in [-0.3, -0.25) is 0 Å². The molecule has 1 N–H and O–H groups in total. The van der Waals surface area contributed by atoms with E-state index in [9.17, 15) is 0 Å². The van der Waals surface area contributed by atoms with Gasteiger partial charge in [0.05, 0.1) is 0 Å². The van der Waals surface area contributed by atoms with Crippen molar-refractivity contribution in [1.82, 2.24) is 9.88 Å². The molecule has 0 amide bonds.